The molecule has 3 atom stereocenters. The van der Waals surface area contributed by atoms with Crippen LogP contribution in [0.1, 0.15) is 39.5 Å². The number of hydrogen-bond acceptors (Lipinski definition) is 4. The summed E-state index contributed by atoms with van der Waals surface area (Å²) in [4.78, 5) is 13.3. The lowest BCUT2D eigenvalue weighted by Gasteiger charge is -2.49. The van der Waals surface area contributed by atoms with Gasteiger partial charge in [0.2, 0.25) is 0 Å². The van der Waals surface area contributed by atoms with Gasteiger partial charge in [0.1, 0.15) is 9.52 Å². The SMILES string of the molecule is C[C@]12CC[C@](C)(C[C@@H](Nc3ccc(I)nn3)C1)N2C(=O)O. The molecular weight excluding hydrogens is 383 g/mol. The molecule has 2 fully saturated rings. The van der Waals surface area contributed by atoms with Crippen LogP contribution < -0.4 is 5.32 Å². The molecule has 0 spiro atoms. The molecule has 0 unspecified atom stereocenters. The summed E-state index contributed by atoms with van der Waals surface area (Å²) in [5.41, 5.74) is -0.569. The number of rotatable bonds is 2. The van der Waals surface area contributed by atoms with Crippen LogP contribution >= 0.6 is 22.6 Å². The van der Waals surface area contributed by atoms with E-state index >= 15 is 0 Å². The number of nitrogens with zero attached hydrogens (tertiary/aromatic N) is 3. The van der Waals surface area contributed by atoms with Crippen molar-refractivity contribution in [1.82, 2.24) is 15.1 Å². The molecule has 6 nitrogen and oxygen atoms in total. The second-order valence-corrected chi connectivity index (χ2v) is 7.71. The fourth-order valence-corrected chi connectivity index (χ4v) is 4.39. The van der Waals surface area contributed by atoms with E-state index in [-0.39, 0.29) is 17.1 Å². The number of fused-ring (bicyclic) bond motifs is 2. The molecule has 1 aromatic heterocycles. The summed E-state index contributed by atoms with van der Waals surface area (Å²) in [5, 5.41) is 21.2. The van der Waals surface area contributed by atoms with Gasteiger partial charge in [-0.15, -0.1) is 10.2 Å². The molecule has 0 radical (unpaired) electrons. The lowest BCUT2D eigenvalue weighted by molar-refractivity contribution is 0.0167. The third kappa shape index (κ3) is 2.56. The number of carbonyl (C=O) groups is 1. The molecule has 3 heterocycles. The molecule has 7 heteroatoms. The Hall–Kier alpha value is -1.12. The first-order valence-electron chi connectivity index (χ1n) is 7.11. The van der Waals surface area contributed by atoms with E-state index in [1.54, 1.807) is 4.90 Å². The average molecular weight is 402 g/mol. The average Bonchev–Trinajstić information content (AvgIpc) is 2.56. The van der Waals surface area contributed by atoms with Crippen LogP contribution in [0, 0.1) is 3.70 Å². The molecule has 0 aromatic carbocycles. The van der Waals surface area contributed by atoms with E-state index < -0.39 is 6.09 Å². The predicted molar refractivity (Wildman–Crippen MR) is 87.3 cm³/mol. The number of piperidine rings is 1. The Morgan fingerprint density at radius 2 is 1.95 bits per heavy atom. The number of amides is 1. The van der Waals surface area contributed by atoms with Crippen molar-refractivity contribution in [2.45, 2.75) is 56.7 Å². The Morgan fingerprint density at radius 1 is 1.33 bits per heavy atom. The number of aromatic nitrogens is 2. The monoisotopic (exact) mass is 402 g/mol. The number of hydrogen-bond donors (Lipinski definition) is 2. The maximum absolute atomic E-state index is 11.6. The van der Waals surface area contributed by atoms with E-state index in [0.717, 1.165) is 35.2 Å². The number of halogens is 1. The third-order valence-corrected chi connectivity index (χ3v) is 5.40. The van der Waals surface area contributed by atoms with Gasteiger partial charge < -0.3 is 10.4 Å². The normalized spacial score (nSPS) is 34.8. The first-order chi connectivity index (χ1) is 9.82. The molecule has 0 aliphatic carbocycles. The summed E-state index contributed by atoms with van der Waals surface area (Å²) < 4.78 is 0.859. The Labute approximate surface area is 137 Å². The van der Waals surface area contributed by atoms with E-state index in [1.807, 2.05) is 12.1 Å². The van der Waals surface area contributed by atoms with Gasteiger partial charge in [0.05, 0.1) is 0 Å². The van der Waals surface area contributed by atoms with Crippen molar-refractivity contribution in [3.8, 4) is 0 Å². The second-order valence-electron chi connectivity index (χ2n) is 6.60. The van der Waals surface area contributed by atoms with Gasteiger partial charge >= 0.3 is 6.09 Å². The molecule has 1 aromatic rings. The molecule has 2 aliphatic heterocycles. The van der Waals surface area contributed by atoms with Crippen molar-refractivity contribution >= 4 is 34.5 Å². The van der Waals surface area contributed by atoms with E-state index in [4.69, 9.17) is 0 Å². The minimum absolute atomic E-state index is 0.229. The van der Waals surface area contributed by atoms with Crippen molar-refractivity contribution in [1.29, 1.82) is 0 Å². The first kappa shape index (κ1) is 14.8. The van der Waals surface area contributed by atoms with Gasteiger partial charge in [-0.2, -0.15) is 0 Å². The van der Waals surface area contributed by atoms with Gasteiger partial charge in [-0.25, -0.2) is 4.79 Å². The van der Waals surface area contributed by atoms with E-state index in [2.05, 4.69) is 52.0 Å². The van der Waals surface area contributed by atoms with Crippen molar-refractivity contribution < 1.29 is 9.90 Å². The molecule has 0 saturated carbocycles. The Bertz CT molecular complexity index is 547. The maximum Gasteiger partial charge on any atom is 0.408 e. The number of nitrogens with one attached hydrogen (secondary N) is 1. The lowest BCUT2D eigenvalue weighted by atomic mass is 9.82. The summed E-state index contributed by atoms with van der Waals surface area (Å²) in [5.74, 6) is 0.760. The zero-order valence-corrected chi connectivity index (χ0v) is 14.3. The molecule has 21 heavy (non-hydrogen) atoms. The van der Waals surface area contributed by atoms with E-state index in [9.17, 15) is 9.90 Å². The summed E-state index contributed by atoms with van der Waals surface area (Å²) >= 11 is 2.12. The van der Waals surface area contributed by atoms with E-state index in [1.165, 1.54) is 0 Å². The quantitative estimate of drug-likeness (QED) is 0.744. The third-order valence-electron chi connectivity index (χ3n) is 4.83. The minimum atomic E-state index is -0.801. The molecule has 1 amide bonds. The van der Waals surface area contributed by atoms with Crippen LogP contribution in [0.5, 0.6) is 0 Å². The minimum Gasteiger partial charge on any atom is -0.465 e. The highest BCUT2D eigenvalue weighted by molar-refractivity contribution is 14.1. The second kappa shape index (κ2) is 4.96. The van der Waals surface area contributed by atoms with Crippen LogP contribution in [0.25, 0.3) is 0 Å². The van der Waals surface area contributed by atoms with Crippen molar-refractivity contribution in [2.24, 2.45) is 0 Å². The van der Waals surface area contributed by atoms with Gasteiger partial charge in [0.15, 0.2) is 0 Å². The predicted octanol–water partition coefficient (Wildman–Crippen LogP) is 2.95. The highest BCUT2D eigenvalue weighted by Crippen LogP contribution is 2.50. The van der Waals surface area contributed by atoms with Gasteiger partial charge in [-0.05, 0) is 74.3 Å². The zero-order valence-electron chi connectivity index (χ0n) is 12.1. The van der Waals surface area contributed by atoms with Gasteiger partial charge in [0, 0.05) is 17.1 Å². The fraction of sp³-hybridized carbons (Fsp3) is 0.643. The molecule has 114 valence electrons. The Morgan fingerprint density at radius 3 is 2.43 bits per heavy atom. The number of anilines is 1. The van der Waals surface area contributed by atoms with Gasteiger partial charge in [0.25, 0.3) is 0 Å². The Kier molecular flexibility index (Phi) is 3.50. The van der Waals surface area contributed by atoms with Crippen molar-refractivity contribution in [3.63, 3.8) is 0 Å². The summed E-state index contributed by atoms with van der Waals surface area (Å²) in [7, 11) is 0. The fourth-order valence-electron chi connectivity index (χ4n) is 4.10. The van der Waals surface area contributed by atoms with Crippen molar-refractivity contribution in [2.75, 3.05) is 5.32 Å². The highest BCUT2D eigenvalue weighted by atomic mass is 127. The van der Waals surface area contributed by atoms with Crippen LogP contribution in [0.3, 0.4) is 0 Å². The summed E-state index contributed by atoms with van der Waals surface area (Å²) in [6, 6.07) is 4.07. The van der Waals surface area contributed by atoms with Gasteiger partial charge in [-0.3, -0.25) is 4.90 Å². The Balaban J connectivity index is 1.80. The molecule has 2 saturated heterocycles. The van der Waals surface area contributed by atoms with Crippen LogP contribution in [-0.4, -0.2) is 43.4 Å². The van der Waals surface area contributed by atoms with Gasteiger partial charge in [-0.1, -0.05) is 0 Å². The molecule has 2 bridgehead atoms. The lowest BCUT2D eigenvalue weighted by Crippen LogP contribution is -2.61. The summed E-state index contributed by atoms with van der Waals surface area (Å²) in [6.07, 6.45) is 2.66. The smallest absolute Gasteiger partial charge is 0.408 e. The van der Waals surface area contributed by atoms with Crippen LogP contribution in [-0.2, 0) is 0 Å². The van der Waals surface area contributed by atoms with E-state index in [0.29, 0.717) is 0 Å². The highest BCUT2D eigenvalue weighted by Gasteiger charge is 2.57. The molecular formula is C14H19IN4O2. The van der Waals surface area contributed by atoms with Crippen molar-refractivity contribution in [3.05, 3.63) is 15.8 Å². The van der Waals surface area contributed by atoms with Crippen LogP contribution in [0.4, 0.5) is 10.6 Å². The largest absolute Gasteiger partial charge is 0.465 e. The zero-order chi connectivity index (χ0) is 15.3. The molecule has 2 aliphatic rings. The van der Waals surface area contributed by atoms with Crippen LogP contribution in [0.15, 0.2) is 12.1 Å². The number of carboxylic acid groups (broad SMARTS) is 1. The standard InChI is InChI=1S/C14H19IN4O2/c1-13-5-6-14(2,19(13)12(20)21)8-9(7-13)16-11-4-3-10(15)17-18-11/h3-4,9H,5-8H2,1-2H3,(H,16,18)(H,20,21)/t9-,13-,14+. The maximum atomic E-state index is 11.6. The summed E-state index contributed by atoms with van der Waals surface area (Å²) in [6.45, 7) is 4.11. The molecule has 3 rings (SSSR count). The van der Waals surface area contributed by atoms with Crippen LogP contribution in [0.2, 0.25) is 0 Å². The molecule has 2 N–H and O–H groups in total. The topological polar surface area (TPSA) is 78.4 Å². The first-order valence-corrected chi connectivity index (χ1v) is 8.19.